The lowest BCUT2D eigenvalue weighted by Crippen LogP contribution is -2.43. The van der Waals surface area contributed by atoms with Crippen molar-refractivity contribution in [2.75, 3.05) is 26.7 Å². The summed E-state index contributed by atoms with van der Waals surface area (Å²) in [6.07, 6.45) is 3.47. The Hall–Kier alpha value is -3.28. The predicted octanol–water partition coefficient (Wildman–Crippen LogP) is 3.68. The molecule has 0 radical (unpaired) electrons. The highest BCUT2D eigenvalue weighted by Crippen LogP contribution is 2.31. The maximum Gasteiger partial charge on any atom is 0.223 e. The van der Waals surface area contributed by atoms with E-state index < -0.39 is 0 Å². The number of piperidine rings is 1. The van der Waals surface area contributed by atoms with Gasteiger partial charge in [0.25, 0.3) is 0 Å². The van der Waals surface area contributed by atoms with Gasteiger partial charge in [-0.25, -0.2) is 0 Å². The molecule has 0 spiro atoms. The van der Waals surface area contributed by atoms with Crippen LogP contribution in [0.1, 0.15) is 36.8 Å². The number of para-hydroxylation sites is 1. The minimum atomic E-state index is -0.0462. The van der Waals surface area contributed by atoms with Crippen molar-refractivity contribution in [2.24, 2.45) is 5.92 Å². The first-order valence-electron chi connectivity index (χ1n) is 10.8. The highest BCUT2D eigenvalue weighted by Gasteiger charge is 2.27. The molecule has 2 aromatic carbocycles. The summed E-state index contributed by atoms with van der Waals surface area (Å²) in [5, 5.41) is 4.35. The molecule has 1 aliphatic rings. The molecule has 6 heteroatoms. The lowest BCUT2D eigenvalue weighted by molar-refractivity contribution is -0.133. The number of rotatable bonds is 6. The van der Waals surface area contributed by atoms with Gasteiger partial charge >= 0.3 is 0 Å². The van der Waals surface area contributed by atoms with Crippen molar-refractivity contribution in [1.29, 1.82) is 0 Å². The summed E-state index contributed by atoms with van der Waals surface area (Å²) in [5.74, 6) is 0.931. The first-order chi connectivity index (χ1) is 15.1. The molecule has 1 unspecified atom stereocenters. The van der Waals surface area contributed by atoms with Crippen LogP contribution in [0, 0.1) is 5.92 Å². The molecular weight excluding hydrogens is 390 g/mol. The maximum atomic E-state index is 12.9. The Balaban J connectivity index is 1.52. The van der Waals surface area contributed by atoms with Gasteiger partial charge in [0, 0.05) is 55.5 Å². The Morgan fingerprint density at radius 2 is 1.84 bits per heavy atom. The van der Waals surface area contributed by atoms with Crippen LogP contribution in [-0.4, -0.2) is 48.4 Å². The fourth-order valence-corrected chi connectivity index (χ4v) is 4.43. The van der Waals surface area contributed by atoms with Crippen molar-refractivity contribution < 1.29 is 14.3 Å². The molecule has 162 valence electrons. The number of aromatic nitrogens is 1. The van der Waals surface area contributed by atoms with Gasteiger partial charge in [0.1, 0.15) is 5.75 Å². The summed E-state index contributed by atoms with van der Waals surface area (Å²) in [6, 6.07) is 16.2. The van der Waals surface area contributed by atoms with Crippen LogP contribution < -0.4 is 10.1 Å². The minimum absolute atomic E-state index is 0.0170. The fourth-order valence-electron chi connectivity index (χ4n) is 4.43. The van der Waals surface area contributed by atoms with Crippen LogP contribution in [0.4, 0.5) is 0 Å². The number of likely N-dealkylation sites (tertiary alicyclic amines) is 1. The van der Waals surface area contributed by atoms with E-state index >= 15 is 0 Å². The van der Waals surface area contributed by atoms with Crippen molar-refractivity contribution in [3.63, 3.8) is 0 Å². The molecule has 6 nitrogen and oxygen atoms in total. The number of H-pyrrole nitrogens is 1. The summed E-state index contributed by atoms with van der Waals surface area (Å²) in [7, 11) is 1.66. The summed E-state index contributed by atoms with van der Waals surface area (Å²) in [5.41, 5.74) is 3.36. The number of fused-ring (bicyclic) bond motifs is 1. The van der Waals surface area contributed by atoms with E-state index in [-0.39, 0.29) is 23.7 Å². The average Bonchev–Trinajstić information content (AvgIpc) is 3.23. The smallest absolute Gasteiger partial charge is 0.223 e. The van der Waals surface area contributed by atoms with E-state index in [0.717, 1.165) is 27.8 Å². The van der Waals surface area contributed by atoms with Crippen molar-refractivity contribution >= 4 is 22.7 Å². The van der Waals surface area contributed by atoms with Gasteiger partial charge in [0.05, 0.1) is 7.11 Å². The number of benzene rings is 2. The molecule has 4 rings (SSSR count). The van der Waals surface area contributed by atoms with Crippen LogP contribution in [0.15, 0.2) is 54.7 Å². The zero-order valence-corrected chi connectivity index (χ0v) is 18.1. The largest absolute Gasteiger partial charge is 0.497 e. The number of carbonyl (C=O) groups excluding carboxylic acids is 2. The van der Waals surface area contributed by atoms with Crippen LogP contribution in [0.5, 0.6) is 5.75 Å². The Morgan fingerprint density at radius 1 is 1.13 bits per heavy atom. The second-order valence-electron chi connectivity index (χ2n) is 8.14. The highest BCUT2D eigenvalue weighted by atomic mass is 16.5. The molecule has 3 aromatic rings. The van der Waals surface area contributed by atoms with E-state index in [9.17, 15) is 9.59 Å². The fraction of sp³-hybridized carbons (Fsp3) is 0.360. The van der Waals surface area contributed by atoms with Gasteiger partial charge in [-0.15, -0.1) is 0 Å². The molecule has 0 bridgehead atoms. The predicted molar refractivity (Wildman–Crippen MR) is 121 cm³/mol. The third kappa shape index (κ3) is 4.58. The zero-order chi connectivity index (χ0) is 21.8. The standard InChI is InChI=1S/C25H29N3O3/c1-17(29)28-13-11-19(12-14-28)25(30)27-15-22(18-7-9-20(31-2)10-8-18)23-16-26-24-6-4-3-5-21(23)24/h3-10,16,19,22,26H,11-15H2,1-2H3,(H,27,30). The summed E-state index contributed by atoms with van der Waals surface area (Å²) < 4.78 is 5.31. The SMILES string of the molecule is COc1ccc(C(CNC(=O)C2CCN(C(C)=O)CC2)c2c[nH]c3ccccc23)cc1. The summed E-state index contributed by atoms with van der Waals surface area (Å²) >= 11 is 0. The van der Waals surface area contributed by atoms with Crippen molar-refractivity contribution in [2.45, 2.75) is 25.7 Å². The van der Waals surface area contributed by atoms with Gasteiger partial charge in [-0.3, -0.25) is 9.59 Å². The third-order valence-corrected chi connectivity index (χ3v) is 6.31. The summed E-state index contributed by atoms with van der Waals surface area (Å²) in [4.78, 5) is 29.6. The summed E-state index contributed by atoms with van der Waals surface area (Å²) in [6.45, 7) is 3.40. The number of aromatic amines is 1. The molecule has 1 saturated heterocycles. The van der Waals surface area contributed by atoms with Gasteiger partial charge < -0.3 is 19.9 Å². The number of nitrogens with one attached hydrogen (secondary N) is 2. The molecule has 1 aromatic heterocycles. The van der Waals surface area contributed by atoms with Gasteiger partial charge in [-0.1, -0.05) is 30.3 Å². The van der Waals surface area contributed by atoms with Crippen LogP contribution in [0.2, 0.25) is 0 Å². The second kappa shape index (κ2) is 9.25. The van der Waals surface area contributed by atoms with Gasteiger partial charge in [-0.05, 0) is 42.2 Å². The molecule has 1 aliphatic heterocycles. The van der Waals surface area contributed by atoms with Crippen molar-refractivity contribution in [1.82, 2.24) is 15.2 Å². The molecule has 1 fully saturated rings. The van der Waals surface area contributed by atoms with Gasteiger partial charge in [0.15, 0.2) is 0 Å². The van der Waals surface area contributed by atoms with Crippen molar-refractivity contribution in [3.05, 3.63) is 65.9 Å². The lowest BCUT2D eigenvalue weighted by atomic mass is 9.90. The van der Waals surface area contributed by atoms with E-state index in [1.165, 1.54) is 0 Å². The van der Waals surface area contributed by atoms with E-state index in [1.54, 1.807) is 14.0 Å². The molecule has 2 N–H and O–H groups in total. The number of methoxy groups -OCH3 is 1. The van der Waals surface area contributed by atoms with Gasteiger partial charge in [0.2, 0.25) is 11.8 Å². The lowest BCUT2D eigenvalue weighted by Gasteiger charge is -2.31. The number of ether oxygens (including phenoxy) is 1. The topological polar surface area (TPSA) is 74.4 Å². The number of amides is 2. The average molecular weight is 420 g/mol. The maximum absolute atomic E-state index is 12.9. The van der Waals surface area contributed by atoms with E-state index in [1.807, 2.05) is 35.4 Å². The molecule has 31 heavy (non-hydrogen) atoms. The Kier molecular flexibility index (Phi) is 6.26. The molecule has 2 amide bonds. The number of hydrogen-bond donors (Lipinski definition) is 2. The highest BCUT2D eigenvalue weighted by molar-refractivity contribution is 5.84. The van der Waals surface area contributed by atoms with E-state index in [0.29, 0.717) is 32.5 Å². The molecule has 0 aliphatic carbocycles. The van der Waals surface area contributed by atoms with Crippen LogP contribution >= 0.6 is 0 Å². The Bertz CT molecular complexity index is 1050. The Morgan fingerprint density at radius 3 is 2.52 bits per heavy atom. The number of carbonyl (C=O) groups is 2. The quantitative estimate of drug-likeness (QED) is 0.640. The molecule has 0 saturated carbocycles. The van der Waals surface area contributed by atoms with E-state index in [2.05, 4.69) is 34.6 Å². The van der Waals surface area contributed by atoms with Crippen LogP contribution in [-0.2, 0) is 9.59 Å². The van der Waals surface area contributed by atoms with Gasteiger partial charge in [-0.2, -0.15) is 0 Å². The first kappa shape index (κ1) is 21.0. The first-order valence-corrected chi connectivity index (χ1v) is 10.8. The van der Waals surface area contributed by atoms with Crippen LogP contribution in [0.25, 0.3) is 10.9 Å². The normalized spacial score (nSPS) is 15.6. The van der Waals surface area contributed by atoms with Crippen molar-refractivity contribution in [3.8, 4) is 5.75 Å². The number of nitrogens with zero attached hydrogens (tertiary/aromatic N) is 1. The Labute approximate surface area is 182 Å². The second-order valence-corrected chi connectivity index (χ2v) is 8.14. The third-order valence-electron chi connectivity index (χ3n) is 6.31. The van der Waals surface area contributed by atoms with E-state index in [4.69, 9.17) is 4.74 Å². The molecule has 1 atom stereocenters. The minimum Gasteiger partial charge on any atom is -0.497 e. The zero-order valence-electron chi connectivity index (χ0n) is 18.1. The number of hydrogen-bond acceptors (Lipinski definition) is 3. The molecule has 2 heterocycles. The molecular formula is C25H29N3O3. The monoisotopic (exact) mass is 419 g/mol. The van der Waals surface area contributed by atoms with Crippen LogP contribution in [0.3, 0.4) is 0 Å².